The molecule has 5 nitrogen and oxygen atoms in total. The van der Waals surface area contributed by atoms with Crippen molar-refractivity contribution >= 4 is 28.7 Å². The summed E-state index contributed by atoms with van der Waals surface area (Å²) in [4.78, 5) is 21.5. The molecule has 0 unspecified atom stereocenters. The van der Waals surface area contributed by atoms with Crippen LogP contribution in [0.2, 0.25) is 5.02 Å². The molecule has 0 saturated heterocycles. The van der Waals surface area contributed by atoms with Crippen molar-refractivity contribution in [2.75, 3.05) is 0 Å². The number of fused-ring (bicyclic) bond motifs is 1. The molecular weight excluding hydrogens is 360 g/mol. The highest BCUT2D eigenvalue weighted by atomic mass is 35.5. The molecule has 4 aromatic rings. The van der Waals surface area contributed by atoms with Gasteiger partial charge < -0.3 is 5.32 Å². The van der Waals surface area contributed by atoms with E-state index in [1.54, 1.807) is 12.3 Å². The zero-order valence-corrected chi connectivity index (χ0v) is 15.4. The Bertz CT molecular complexity index is 1120. The van der Waals surface area contributed by atoms with Gasteiger partial charge in [-0.2, -0.15) is 0 Å². The fourth-order valence-corrected chi connectivity index (χ4v) is 3.13. The van der Waals surface area contributed by atoms with Crippen LogP contribution in [0, 0.1) is 6.92 Å². The SMILES string of the molecule is Cc1nc2cccnc2n1-c1cccc(C(=O)NCc2ccc(Cl)cc2)c1. The van der Waals surface area contributed by atoms with Crippen LogP contribution in [0.4, 0.5) is 0 Å². The van der Waals surface area contributed by atoms with Crippen LogP contribution in [0.25, 0.3) is 16.9 Å². The number of nitrogens with one attached hydrogen (secondary N) is 1. The van der Waals surface area contributed by atoms with Gasteiger partial charge in [0.2, 0.25) is 0 Å². The first-order valence-corrected chi connectivity index (χ1v) is 8.93. The largest absolute Gasteiger partial charge is 0.348 e. The average molecular weight is 377 g/mol. The Kier molecular flexibility index (Phi) is 4.60. The lowest BCUT2D eigenvalue weighted by molar-refractivity contribution is 0.0951. The van der Waals surface area contributed by atoms with Gasteiger partial charge in [0.25, 0.3) is 5.91 Å². The number of imidazole rings is 1. The molecule has 0 aliphatic rings. The van der Waals surface area contributed by atoms with Gasteiger partial charge >= 0.3 is 0 Å². The van der Waals surface area contributed by atoms with E-state index < -0.39 is 0 Å². The third-order valence-electron chi connectivity index (χ3n) is 4.32. The molecule has 4 rings (SSSR count). The monoisotopic (exact) mass is 376 g/mol. The lowest BCUT2D eigenvalue weighted by atomic mass is 10.1. The second-order valence-corrected chi connectivity index (χ2v) is 6.64. The van der Waals surface area contributed by atoms with E-state index in [-0.39, 0.29) is 5.91 Å². The summed E-state index contributed by atoms with van der Waals surface area (Å²) in [7, 11) is 0. The van der Waals surface area contributed by atoms with Crippen LogP contribution >= 0.6 is 11.6 Å². The number of hydrogen-bond acceptors (Lipinski definition) is 3. The topological polar surface area (TPSA) is 59.8 Å². The van der Waals surface area contributed by atoms with Gasteiger partial charge in [-0.15, -0.1) is 0 Å². The number of carbonyl (C=O) groups excluding carboxylic acids is 1. The number of halogens is 1. The van der Waals surface area contributed by atoms with Crippen LogP contribution < -0.4 is 5.32 Å². The summed E-state index contributed by atoms with van der Waals surface area (Å²) in [5.41, 5.74) is 4.03. The van der Waals surface area contributed by atoms with Gasteiger partial charge in [0, 0.05) is 29.0 Å². The number of pyridine rings is 1. The van der Waals surface area contributed by atoms with Gasteiger partial charge in [-0.3, -0.25) is 9.36 Å². The molecule has 1 N–H and O–H groups in total. The molecule has 2 aromatic heterocycles. The van der Waals surface area contributed by atoms with Crippen LogP contribution in [0.5, 0.6) is 0 Å². The normalized spacial score (nSPS) is 10.9. The first kappa shape index (κ1) is 17.2. The number of carbonyl (C=O) groups is 1. The van der Waals surface area contributed by atoms with Crippen LogP contribution in [0.3, 0.4) is 0 Å². The number of aromatic nitrogens is 3. The minimum atomic E-state index is -0.137. The molecule has 0 aliphatic heterocycles. The van der Waals surface area contributed by atoms with E-state index in [1.807, 2.05) is 66.1 Å². The van der Waals surface area contributed by atoms with Crippen LogP contribution in [0.15, 0.2) is 66.9 Å². The zero-order valence-electron chi connectivity index (χ0n) is 14.7. The highest BCUT2D eigenvalue weighted by molar-refractivity contribution is 6.30. The molecule has 0 radical (unpaired) electrons. The third-order valence-corrected chi connectivity index (χ3v) is 4.57. The smallest absolute Gasteiger partial charge is 0.251 e. The molecule has 0 aliphatic carbocycles. The number of benzene rings is 2. The zero-order chi connectivity index (χ0) is 18.8. The fraction of sp³-hybridized carbons (Fsp3) is 0.0952. The van der Waals surface area contributed by atoms with Crippen molar-refractivity contribution in [2.45, 2.75) is 13.5 Å². The summed E-state index contributed by atoms with van der Waals surface area (Å²) >= 11 is 5.89. The molecule has 6 heteroatoms. The van der Waals surface area contributed by atoms with Crippen molar-refractivity contribution in [1.29, 1.82) is 0 Å². The van der Waals surface area contributed by atoms with Crippen molar-refractivity contribution in [3.63, 3.8) is 0 Å². The Morgan fingerprint density at radius 1 is 1.11 bits per heavy atom. The predicted molar refractivity (Wildman–Crippen MR) is 106 cm³/mol. The second-order valence-electron chi connectivity index (χ2n) is 6.20. The Labute approximate surface area is 161 Å². The van der Waals surface area contributed by atoms with E-state index in [1.165, 1.54) is 0 Å². The molecule has 0 atom stereocenters. The molecular formula is C21H17ClN4O. The average Bonchev–Trinajstić information content (AvgIpc) is 3.03. The quantitative estimate of drug-likeness (QED) is 0.577. The molecule has 0 fully saturated rings. The van der Waals surface area contributed by atoms with Crippen LogP contribution in [-0.2, 0) is 6.54 Å². The summed E-state index contributed by atoms with van der Waals surface area (Å²) in [6, 6.07) is 18.6. The summed E-state index contributed by atoms with van der Waals surface area (Å²) in [5.74, 6) is 0.684. The second kappa shape index (κ2) is 7.21. The number of hydrogen-bond donors (Lipinski definition) is 1. The van der Waals surface area contributed by atoms with Gasteiger partial charge in [0.15, 0.2) is 5.65 Å². The predicted octanol–water partition coefficient (Wildman–Crippen LogP) is 4.31. The molecule has 0 saturated carbocycles. The Morgan fingerprint density at radius 3 is 2.74 bits per heavy atom. The number of aryl methyl sites for hydroxylation is 1. The lowest BCUT2D eigenvalue weighted by Crippen LogP contribution is -2.22. The van der Waals surface area contributed by atoms with Crippen LogP contribution in [0.1, 0.15) is 21.7 Å². The standard InChI is InChI=1S/C21H17ClN4O/c1-14-25-19-6-3-11-23-20(19)26(14)18-5-2-4-16(12-18)21(27)24-13-15-7-9-17(22)10-8-15/h2-12H,13H2,1H3,(H,24,27). The summed E-state index contributed by atoms with van der Waals surface area (Å²) < 4.78 is 1.95. The maximum atomic E-state index is 12.6. The van der Waals surface area contributed by atoms with Gasteiger partial charge in [0.05, 0.1) is 0 Å². The molecule has 2 aromatic carbocycles. The van der Waals surface area contributed by atoms with Gasteiger partial charge in [-0.1, -0.05) is 29.8 Å². The van der Waals surface area contributed by atoms with Crippen molar-refractivity contribution in [3.05, 3.63) is 88.8 Å². The number of rotatable bonds is 4. The highest BCUT2D eigenvalue weighted by Crippen LogP contribution is 2.20. The van der Waals surface area contributed by atoms with E-state index >= 15 is 0 Å². The molecule has 134 valence electrons. The lowest BCUT2D eigenvalue weighted by Gasteiger charge is -2.09. The Balaban J connectivity index is 1.59. The maximum Gasteiger partial charge on any atom is 0.251 e. The van der Waals surface area contributed by atoms with Crippen molar-refractivity contribution < 1.29 is 4.79 Å². The van der Waals surface area contributed by atoms with Crippen LogP contribution in [-0.4, -0.2) is 20.4 Å². The van der Waals surface area contributed by atoms with Gasteiger partial charge in [0.1, 0.15) is 11.3 Å². The van der Waals surface area contributed by atoms with E-state index in [0.29, 0.717) is 17.1 Å². The third kappa shape index (κ3) is 3.55. The summed E-state index contributed by atoms with van der Waals surface area (Å²) in [6.45, 7) is 2.36. The van der Waals surface area contributed by atoms with E-state index in [9.17, 15) is 4.79 Å². The van der Waals surface area contributed by atoms with Crippen molar-refractivity contribution in [2.24, 2.45) is 0 Å². The Morgan fingerprint density at radius 2 is 1.93 bits per heavy atom. The van der Waals surface area contributed by atoms with Gasteiger partial charge in [-0.25, -0.2) is 9.97 Å². The van der Waals surface area contributed by atoms with Crippen molar-refractivity contribution in [3.8, 4) is 5.69 Å². The molecule has 0 spiro atoms. The van der Waals surface area contributed by atoms with E-state index in [4.69, 9.17) is 11.6 Å². The molecule has 2 heterocycles. The van der Waals surface area contributed by atoms with E-state index in [2.05, 4.69) is 15.3 Å². The number of amides is 1. The minimum absolute atomic E-state index is 0.137. The minimum Gasteiger partial charge on any atom is -0.348 e. The molecule has 27 heavy (non-hydrogen) atoms. The first-order valence-electron chi connectivity index (χ1n) is 8.55. The van der Waals surface area contributed by atoms with Gasteiger partial charge in [-0.05, 0) is 55.0 Å². The maximum absolute atomic E-state index is 12.6. The molecule has 0 bridgehead atoms. The van der Waals surface area contributed by atoms with E-state index in [0.717, 1.165) is 28.2 Å². The van der Waals surface area contributed by atoms with Crippen molar-refractivity contribution in [1.82, 2.24) is 19.9 Å². The fourth-order valence-electron chi connectivity index (χ4n) is 3.01. The number of nitrogens with zero attached hydrogens (tertiary/aromatic N) is 3. The summed E-state index contributed by atoms with van der Waals surface area (Å²) in [5, 5.41) is 3.61. The summed E-state index contributed by atoms with van der Waals surface area (Å²) in [6.07, 6.45) is 1.74. The Hall–Kier alpha value is -3.18. The first-order chi connectivity index (χ1) is 13.1. The molecule has 1 amide bonds. The highest BCUT2D eigenvalue weighted by Gasteiger charge is 2.12.